The molecule has 0 atom stereocenters. The van der Waals surface area contributed by atoms with E-state index >= 15 is 0 Å². The van der Waals surface area contributed by atoms with Crippen molar-refractivity contribution in [2.75, 3.05) is 24.3 Å². The second kappa shape index (κ2) is 7.31. The number of rotatable bonds is 4. The second-order valence-corrected chi connectivity index (χ2v) is 5.18. The van der Waals surface area contributed by atoms with Gasteiger partial charge in [-0.15, -0.1) is 11.6 Å². The number of nitrogens with one attached hydrogen (secondary N) is 1. The first kappa shape index (κ1) is 16.4. The molecule has 1 aliphatic rings. The lowest BCUT2D eigenvalue weighted by molar-refractivity contribution is -0.113. The minimum atomic E-state index is -0.941. The maximum Gasteiger partial charge on any atom is 0.407 e. The van der Waals surface area contributed by atoms with Gasteiger partial charge < -0.3 is 20.1 Å². The molecule has 0 aromatic heterocycles. The molecule has 1 heterocycles. The normalized spacial score (nSPS) is 15.5. The van der Waals surface area contributed by atoms with Crippen molar-refractivity contribution in [1.82, 2.24) is 4.90 Å². The third-order valence-corrected chi connectivity index (χ3v) is 3.59. The summed E-state index contributed by atoms with van der Waals surface area (Å²) in [6.07, 6.45) is 0.0132. The summed E-state index contributed by atoms with van der Waals surface area (Å²) in [5.74, 6) is -1.01. The van der Waals surface area contributed by atoms with E-state index in [1.54, 1.807) is 6.07 Å². The average molecular weight is 331 g/mol. The zero-order valence-corrected chi connectivity index (χ0v) is 12.5. The molecule has 0 unspecified atom stereocenters. The number of ether oxygens (including phenoxy) is 1. The summed E-state index contributed by atoms with van der Waals surface area (Å²) >= 11 is 5.34. The van der Waals surface area contributed by atoms with Crippen molar-refractivity contribution in [1.29, 1.82) is 0 Å². The van der Waals surface area contributed by atoms with Gasteiger partial charge in [0, 0.05) is 32.0 Å². The molecule has 1 aromatic carbocycles. The van der Waals surface area contributed by atoms with Gasteiger partial charge in [0.1, 0.15) is 23.6 Å². The van der Waals surface area contributed by atoms with E-state index in [0.29, 0.717) is 31.7 Å². The molecule has 1 saturated heterocycles. The fourth-order valence-electron chi connectivity index (χ4n) is 2.21. The number of amides is 2. The van der Waals surface area contributed by atoms with Crippen molar-refractivity contribution in [2.24, 2.45) is 0 Å². The van der Waals surface area contributed by atoms with E-state index in [1.165, 1.54) is 17.0 Å². The van der Waals surface area contributed by atoms with E-state index in [4.69, 9.17) is 21.4 Å². The van der Waals surface area contributed by atoms with Crippen LogP contribution in [0.15, 0.2) is 18.2 Å². The Kier molecular flexibility index (Phi) is 5.43. The van der Waals surface area contributed by atoms with Crippen molar-refractivity contribution in [2.45, 2.75) is 18.9 Å². The fourth-order valence-corrected chi connectivity index (χ4v) is 2.28. The lowest BCUT2D eigenvalue weighted by Crippen LogP contribution is -2.41. The van der Waals surface area contributed by atoms with Gasteiger partial charge in [0.05, 0.1) is 5.69 Å². The Labute approximate surface area is 131 Å². The largest absolute Gasteiger partial charge is 0.490 e. The van der Waals surface area contributed by atoms with Crippen LogP contribution in [0.1, 0.15) is 12.8 Å². The Balaban J connectivity index is 1.93. The zero-order chi connectivity index (χ0) is 16.1. The van der Waals surface area contributed by atoms with Crippen LogP contribution in [0, 0.1) is 5.82 Å². The molecule has 120 valence electrons. The number of alkyl halides is 1. The Morgan fingerprint density at radius 1 is 1.41 bits per heavy atom. The number of hydrogen-bond donors (Lipinski definition) is 2. The van der Waals surface area contributed by atoms with Crippen LogP contribution in [-0.2, 0) is 4.79 Å². The van der Waals surface area contributed by atoms with Gasteiger partial charge >= 0.3 is 6.09 Å². The van der Waals surface area contributed by atoms with E-state index in [1.807, 2.05) is 0 Å². The number of likely N-dealkylation sites (tertiary alicyclic amines) is 1. The van der Waals surface area contributed by atoms with Crippen LogP contribution in [-0.4, -0.2) is 47.1 Å². The van der Waals surface area contributed by atoms with Crippen molar-refractivity contribution < 1.29 is 23.8 Å². The van der Waals surface area contributed by atoms with Crippen LogP contribution >= 0.6 is 11.6 Å². The first-order valence-corrected chi connectivity index (χ1v) is 7.33. The minimum Gasteiger partial charge on any atom is -0.490 e. The smallest absolute Gasteiger partial charge is 0.407 e. The zero-order valence-electron chi connectivity index (χ0n) is 11.7. The Hall–Kier alpha value is -2.02. The van der Waals surface area contributed by atoms with Crippen LogP contribution in [0.25, 0.3) is 0 Å². The highest BCUT2D eigenvalue weighted by atomic mass is 35.5. The lowest BCUT2D eigenvalue weighted by atomic mass is 10.1. The van der Waals surface area contributed by atoms with E-state index in [-0.39, 0.29) is 17.7 Å². The first-order chi connectivity index (χ1) is 10.5. The van der Waals surface area contributed by atoms with Crippen LogP contribution in [0.4, 0.5) is 14.9 Å². The molecule has 22 heavy (non-hydrogen) atoms. The maximum absolute atomic E-state index is 13.8. The second-order valence-electron chi connectivity index (χ2n) is 4.91. The van der Waals surface area contributed by atoms with Crippen molar-refractivity contribution in [3.63, 3.8) is 0 Å². The molecule has 0 aliphatic carbocycles. The molecule has 2 amide bonds. The summed E-state index contributed by atoms with van der Waals surface area (Å²) in [6.45, 7) is 0.790. The molecule has 0 radical (unpaired) electrons. The average Bonchev–Trinajstić information content (AvgIpc) is 2.50. The Morgan fingerprint density at radius 2 is 2.09 bits per heavy atom. The predicted octanol–water partition coefficient (Wildman–Crippen LogP) is 2.52. The SMILES string of the molecule is O=C(CCl)Nc1ccc(OC2CCN(C(=O)O)CC2)cc1F. The number of carboxylic acid groups (broad SMARTS) is 1. The van der Waals surface area contributed by atoms with Crippen LogP contribution in [0.3, 0.4) is 0 Å². The molecule has 0 spiro atoms. The molecule has 1 aliphatic heterocycles. The highest BCUT2D eigenvalue weighted by molar-refractivity contribution is 6.29. The molecular weight excluding hydrogens is 315 g/mol. The van der Waals surface area contributed by atoms with Gasteiger partial charge in [-0.2, -0.15) is 0 Å². The van der Waals surface area contributed by atoms with Crippen LogP contribution < -0.4 is 10.1 Å². The summed E-state index contributed by atoms with van der Waals surface area (Å²) in [5.41, 5.74) is 0.0405. The van der Waals surface area contributed by atoms with Crippen molar-refractivity contribution in [3.05, 3.63) is 24.0 Å². The highest BCUT2D eigenvalue weighted by Gasteiger charge is 2.23. The molecule has 8 heteroatoms. The summed E-state index contributed by atoms with van der Waals surface area (Å²) in [4.78, 5) is 23.3. The van der Waals surface area contributed by atoms with E-state index < -0.39 is 17.8 Å². The molecular formula is C14H16ClFN2O4. The topological polar surface area (TPSA) is 78.9 Å². The Bertz CT molecular complexity index is 562. The van der Waals surface area contributed by atoms with Gasteiger partial charge in [-0.25, -0.2) is 9.18 Å². The predicted molar refractivity (Wildman–Crippen MR) is 79.0 cm³/mol. The molecule has 2 rings (SSSR count). The van der Waals surface area contributed by atoms with E-state index in [9.17, 15) is 14.0 Å². The number of carbonyl (C=O) groups is 2. The fraction of sp³-hybridized carbons (Fsp3) is 0.429. The number of benzene rings is 1. The van der Waals surface area contributed by atoms with Crippen LogP contribution in [0.5, 0.6) is 5.75 Å². The molecule has 1 fully saturated rings. The molecule has 1 aromatic rings. The highest BCUT2D eigenvalue weighted by Crippen LogP contribution is 2.24. The van der Waals surface area contributed by atoms with Gasteiger partial charge in [-0.3, -0.25) is 4.79 Å². The summed E-state index contributed by atoms with van der Waals surface area (Å²) < 4.78 is 19.5. The third kappa shape index (κ3) is 4.24. The van der Waals surface area contributed by atoms with Crippen molar-refractivity contribution in [3.8, 4) is 5.75 Å². The molecule has 0 bridgehead atoms. The number of halogens is 2. The lowest BCUT2D eigenvalue weighted by Gasteiger charge is -2.30. The van der Waals surface area contributed by atoms with Gasteiger partial charge in [0.25, 0.3) is 0 Å². The summed E-state index contributed by atoms with van der Waals surface area (Å²) in [6, 6.07) is 4.14. The number of nitrogens with zero attached hydrogens (tertiary/aromatic N) is 1. The third-order valence-electron chi connectivity index (χ3n) is 3.35. The summed E-state index contributed by atoms with van der Waals surface area (Å²) in [5, 5.41) is 11.2. The summed E-state index contributed by atoms with van der Waals surface area (Å²) in [7, 11) is 0. The van der Waals surface area contributed by atoms with E-state index in [0.717, 1.165) is 0 Å². The Morgan fingerprint density at radius 3 is 2.64 bits per heavy atom. The standard InChI is InChI=1S/C14H16ClFN2O4/c15-8-13(19)17-12-2-1-10(7-11(12)16)22-9-3-5-18(6-4-9)14(20)21/h1-2,7,9H,3-6,8H2,(H,17,19)(H,20,21). The maximum atomic E-state index is 13.8. The number of carbonyl (C=O) groups excluding carboxylic acids is 1. The number of piperidine rings is 1. The van der Waals surface area contributed by atoms with Gasteiger partial charge in [0.15, 0.2) is 0 Å². The van der Waals surface area contributed by atoms with Crippen LogP contribution in [0.2, 0.25) is 0 Å². The quantitative estimate of drug-likeness (QED) is 0.831. The monoisotopic (exact) mass is 330 g/mol. The van der Waals surface area contributed by atoms with Gasteiger partial charge in [-0.1, -0.05) is 0 Å². The number of anilines is 1. The first-order valence-electron chi connectivity index (χ1n) is 6.79. The van der Waals surface area contributed by atoms with Crippen molar-refractivity contribution >= 4 is 29.3 Å². The molecule has 0 saturated carbocycles. The molecule has 6 nitrogen and oxygen atoms in total. The van der Waals surface area contributed by atoms with Gasteiger partial charge in [0.2, 0.25) is 5.91 Å². The van der Waals surface area contributed by atoms with E-state index in [2.05, 4.69) is 5.32 Å². The van der Waals surface area contributed by atoms with Gasteiger partial charge in [-0.05, 0) is 12.1 Å². The number of hydrogen-bond acceptors (Lipinski definition) is 3. The minimum absolute atomic E-state index is 0.0405. The molecule has 2 N–H and O–H groups in total.